The van der Waals surface area contributed by atoms with Gasteiger partial charge in [-0.3, -0.25) is 0 Å². The zero-order valence-corrected chi connectivity index (χ0v) is 12.5. The Hall–Kier alpha value is -1.48. The van der Waals surface area contributed by atoms with Crippen LogP contribution in [0.1, 0.15) is 39.0 Å². The molecule has 3 N–H and O–H groups in total. The summed E-state index contributed by atoms with van der Waals surface area (Å²) in [5.74, 6) is 0.913. The molecule has 0 aliphatic rings. The molecule has 1 aromatic carbocycles. The molecule has 0 fully saturated rings. The van der Waals surface area contributed by atoms with E-state index < -0.39 is 0 Å². The first kappa shape index (κ1) is 13.9. The van der Waals surface area contributed by atoms with Crippen molar-refractivity contribution in [1.82, 2.24) is 4.98 Å². The number of fused-ring (bicyclic) bond motifs is 1. The molecule has 0 aliphatic carbocycles. The molecule has 0 spiro atoms. The van der Waals surface area contributed by atoms with Crippen molar-refractivity contribution in [2.24, 2.45) is 5.73 Å². The normalized spacial score (nSPS) is 12.4. The second-order valence-corrected chi connectivity index (χ2v) is 6.09. The minimum absolute atomic E-state index is 0.0429. The summed E-state index contributed by atoms with van der Waals surface area (Å²) in [5.41, 5.74) is 9.51. The van der Waals surface area contributed by atoms with Gasteiger partial charge in [0.25, 0.3) is 0 Å². The largest absolute Gasteiger partial charge is 0.491 e. The van der Waals surface area contributed by atoms with Gasteiger partial charge in [0.2, 0.25) is 0 Å². The third-order valence-corrected chi connectivity index (χ3v) is 3.52. The number of rotatable bonds is 4. The molecule has 0 unspecified atom stereocenters. The van der Waals surface area contributed by atoms with Crippen molar-refractivity contribution in [3.63, 3.8) is 0 Å². The van der Waals surface area contributed by atoms with Gasteiger partial charge in [0.1, 0.15) is 5.75 Å². The van der Waals surface area contributed by atoms with Gasteiger partial charge in [-0.15, -0.1) is 0 Å². The molecule has 0 radical (unpaired) electrons. The van der Waals surface area contributed by atoms with E-state index in [4.69, 9.17) is 10.5 Å². The van der Waals surface area contributed by atoms with E-state index in [0.717, 1.165) is 11.3 Å². The van der Waals surface area contributed by atoms with E-state index in [9.17, 15) is 0 Å². The molecular weight excluding hydrogens is 236 g/mol. The van der Waals surface area contributed by atoms with Crippen LogP contribution < -0.4 is 10.5 Å². The molecule has 1 aromatic heterocycles. The maximum atomic E-state index is 5.93. The first-order valence-electron chi connectivity index (χ1n) is 6.84. The van der Waals surface area contributed by atoms with E-state index in [1.807, 2.05) is 19.9 Å². The summed E-state index contributed by atoms with van der Waals surface area (Å²) < 4.78 is 5.79. The van der Waals surface area contributed by atoms with E-state index in [-0.39, 0.29) is 11.5 Å². The quantitative estimate of drug-likeness (QED) is 0.884. The number of hydrogen-bond acceptors (Lipinski definition) is 2. The summed E-state index contributed by atoms with van der Waals surface area (Å²) in [7, 11) is 0. The lowest BCUT2D eigenvalue weighted by atomic mass is 9.83. The lowest BCUT2D eigenvalue weighted by Gasteiger charge is -2.23. The standard InChI is InChI=1S/C16H24N2O/c1-10(2)19-12-6-7-14-13(8-12)15(11(3)18-14)16(4,5)9-17/h6-8,10,18H,9,17H2,1-5H3. The van der Waals surface area contributed by atoms with Crippen LogP contribution in [0.4, 0.5) is 0 Å². The molecule has 104 valence electrons. The van der Waals surface area contributed by atoms with Crippen LogP contribution in [-0.4, -0.2) is 17.6 Å². The van der Waals surface area contributed by atoms with Crippen LogP contribution in [0.5, 0.6) is 5.75 Å². The van der Waals surface area contributed by atoms with E-state index in [1.165, 1.54) is 16.6 Å². The Morgan fingerprint density at radius 3 is 2.58 bits per heavy atom. The van der Waals surface area contributed by atoms with Crippen molar-refractivity contribution in [1.29, 1.82) is 0 Å². The minimum atomic E-state index is -0.0429. The van der Waals surface area contributed by atoms with Crippen molar-refractivity contribution in [2.75, 3.05) is 6.54 Å². The van der Waals surface area contributed by atoms with Gasteiger partial charge in [-0.2, -0.15) is 0 Å². The van der Waals surface area contributed by atoms with Crippen molar-refractivity contribution >= 4 is 10.9 Å². The van der Waals surface area contributed by atoms with E-state index in [1.54, 1.807) is 0 Å². The van der Waals surface area contributed by atoms with Crippen molar-refractivity contribution in [3.05, 3.63) is 29.5 Å². The highest BCUT2D eigenvalue weighted by atomic mass is 16.5. The number of nitrogens with one attached hydrogen (secondary N) is 1. The lowest BCUT2D eigenvalue weighted by Crippen LogP contribution is -2.28. The van der Waals surface area contributed by atoms with Crippen LogP contribution >= 0.6 is 0 Å². The number of benzene rings is 1. The average molecular weight is 260 g/mol. The summed E-state index contributed by atoms with van der Waals surface area (Å²) in [5, 5.41) is 1.21. The predicted octanol–water partition coefficient (Wildman–Crippen LogP) is 3.50. The molecule has 0 saturated carbocycles. The minimum Gasteiger partial charge on any atom is -0.491 e. The van der Waals surface area contributed by atoms with Gasteiger partial charge in [0.15, 0.2) is 0 Å². The Kier molecular flexibility index (Phi) is 3.59. The van der Waals surface area contributed by atoms with Crippen LogP contribution in [0.15, 0.2) is 18.2 Å². The highest BCUT2D eigenvalue weighted by Gasteiger charge is 2.25. The smallest absolute Gasteiger partial charge is 0.120 e. The van der Waals surface area contributed by atoms with Gasteiger partial charge < -0.3 is 15.5 Å². The van der Waals surface area contributed by atoms with Crippen LogP contribution in [0.25, 0.3) is 10.9 Å². The number of aromatic amines is 1. The molecule has 2 aromatic rings. The van der Waals surface area contributed by atoms with E-state index >= 15 is 0 Å². The van der Waals surface area contributed by atoms with Crippen molar-refractivity contribution in [3.8, 4) is 5.75 Å². The van der Waals surface area contributed by atoms with Crippen LogP contribution in [0, 0.1) is 6.92 Å². The van der Waals surface area contributed by atoms with Gasteiger partial charge in [-0.05, 0) is 44.5 Å². The fraction of sp³-hybridized carbons (Fsp3) is 0.500. The molecule has 0 bridgehead atoms. The zero-order valence-electron chi connectivity index (χ0n) is 12.5. The molecule has 2 rings (SSSR count). The van der Waals surface area contributed by atoms with Crippen LogP contribution in [0.3, 0.4) is 0 Å². The highest BCUT2D eigenvalue weighted by molar-refractivity contribution is 5.87. The number of hydrogen-bond donors (Lipinski definition) is 2. The molecule has 0 atom stereocenters. The second kappa shape index (κ2) is 4.89. The Labute approximate surface area is 115 Å². The zero-order chi connectivity index (χ0) is 14.2. The maximum Gasteiger partial charge on any atom is 0.120 e. The number of nitrogens with two attached hydrogens (primary N) is 1. The lowest BCUT2D eigenvalue weighted by molar-refractivity contribution is 0.243. The summed E-state index contributed by atoms with van der Waals surface area (Å²) in [6, 6.07) is 6.21. The average Bonchev–Trinajstić information content (AvgIpc) is 2.64. The Balaban J connectivity index is 2.59. The van der Waals surface area contributed by atoms with Crippen LogP contribution in [-0.2, 0) is 5.41 Å². The summed E-state index contributed by atoms with van der Waals surface area (Å²) >= 11 is 0. The monoisotopic (exact) mass is 260 g/mol. The summed E-state index contributed by atoms with van der Waals surface area (Å²) in [6.07, 6.45) is 0.184. The molecule has 3 heteroatoms. The fourth-order valence-electron chi connectivity index (χ4n) is 2.63. The number of H-pyrrole nitrogens is 1. The first-order chi connectivity index (χ1) is 8.85. The van der Waals surface area contributed by atoms with Gasteiger partial charge in [0.05, 0.1) is 6.10 Å². The number of ether oxygens (including phenoxy) is 1. The summed E-state index contributed by atoms with van der Waals surface area (Å²) in [4.78, 5) is 3.44. The third kappa shape index (κ3) is 2.61. The number of aromatic nitrogens is 1. The molecule has 0 aliphatic heterocycles. The topological polar surface area (TPSA) is 51.0 Å². The van der Waals surface area contributed by atoms with Crippen molar-refractivity contribution in [2.45, 2.75) is 46.1 Å². The van der Waals surface area contributed by atoms with Crippen LogP contribution in [0.2, 0.25) is 0 Å². The van der Waals surface area contributed by atoms with E-state index in [0.29, 0.717) is 6.54 Å². The third-order valence-electron chi connectivity index (χ3n) is 3.52. The van der Waals surface area contributed by atoms with Gasteiger partial charge >= 0.3 is 0 Å². The highest BCUT2D eigenvalue weighted by Crippen LogP contribution is 2.34. The molecule has 0 amide bonds. The molecule has 3 nitrogen and oxygen atoms in total. The van der Waals surface area contributed by atoms with Gasteiger partial charge in [-0.25, -0.2) is 0 Å². The molecule has 19 heavy (non-hydrogen) atoms. The summed E-state index contributed by atoms with van der Waals surface area (Å²) in [6.45, 7) is 11.2. The Morgan fingerprint density at radius 2 is 2.00 bits per heavy atom. The SMILES string of the molecule is Cc1[nH]c2ccc(OC(C)C)cc2c1C(C)(C)CN. The fourth-order valence-corrected chi connectivity index (χ4v) is 2.63. The molecule has 0 saturated heterocycles. The second-order valence-electron chi connectivity index (χ2n) is 6.09. The number of aryl methyl sites for hydroxylation is 1. The van der Waals surface area contributed by atoms with Crippen molar-refractivity contribution < 1.29 is 4.74 Å². The predicted molar refractivity (Wildman–Crippen MR) is 80.9 cm³/mol. The molecule has 1 heterocycles. The first-order valence-corrected chi connectivity index (χ1v) is 6.84. The maximum absolute atomic E-state index is 5.93. The van der Waals surface area contributed by atoms with E-state index in [2.05, 4.69) is 37.9 Å². The molecular formula is C16H24N2O. The Bertz CT molecular complexity index is 582. The Morgan fingerprint density at radius 1 is 1.32 bits per heavy atom. The van der Waals surface area contributed by atoms with Gasteiger partial charge in [0, 0.05) is 28.6 Å². The van der Waals surface area contributed by atoms with Gasteiger partial charge in [-0.1, -0.05) is 13.8 Å².